The van der Waals surface area contributed by atoms with Gasteiger partial charge in [-0.25, -0.2) is 0 Å². The Kier molecular flexibility index (Phi) is 3.94. The zero-order chi connectivity index (χ0) is 15.9. The van der Waals surface area contributed by atoms with Gasteiger partial charge in [0, 0.05) is 0 Å². The lowest BCUT2D eigenvalue weighted by molar-refractivity contribution is -0.137. The Morgan fingerprint density at radius 2 is 1.76 bits per heavy atom. The van der Waals surface area contributed by atoms with Gasteiger partial charge in [-0.3, -0.25) is 0 Å². The molecule has 2 rings (SSSR count). The zero-order valence-corrected chi connectivity index (χ0v) is 12.6. The second kappa shape index (κ2) is 5.15. The van der Waals surface area contributed by atoms with Gasteiger partial charge in [-0.15, -0.1) is 0 Å². The molecular weight excluding hydrogens is 277 g/mol. The summed E-state index contributed by atoms with van der Waals surface area (Å²) in [6, 6.07) is 5.11. The minimum atomic E-state index is -4.35. The first-order valence-electron chi connectivity index (χ1n) is 7.29. The molecule has 1 aromatic carbocycles. The Morgan fingerprint density at radius 3 is 2.19 bits per heavy atom. The van der Waals surface area contributed by atoms with E-state index < -0.39 is 17.2 Å². The van der Waals surface area contributed by atoms with Gasteiger partial charge < -0.3 is 4.79 Å². The Labute approximate surface area is 123 Å². The van der Waals surface area contributed by atoms with E-state index in [2.05, 4.69) is 0 Å². The molecule has 0 saturated heterocycles. The lowest BCUT2D eigenvalue weighted by atomic mass is 9.51. The lowest BCUT2D eigenvalue weighted by Crippen LogP contribution is -2.51. The number of hydrogen-bond acceptors (Lipinski definition) is 1. The van der Waals surface area contributed by atoms with E-state index in [0.29, 0.717) is 5.56 Å². The van der Waals surface area contributed by atoms with Crippen molar-refractivity contribution in [3.63, 3.8) is 0 Å². The van der Waals surface area contributed by atoms with Gasteiger partial charge in [-0.1, -0.05) is 39.3 Å². The summed E-state index contributed by atoms with van der Waals surface area (Å²) in [5.41, 5.74) is -0.946. The van der Waals surface area contributed by atoms with Gasteiger partial charge in [0.25, 0.3) is 0 Å². The van der Waals surface area contributed by atoms with Crippen LogP contribution in [0.1, 0.15) is 51.2 Å². The molecule has 0 N–H and O–H groups in total. The van der Waals surface area contributed by atoms with E-state index in [1.165, 1.54) is 12.1 Å². The predicted molar refractivity (Wildman–Crippen MR) is 76.0 cm³/mol. The summed E-state index contributed by atoms with van der Waals surface area (Å²) in [5, 5.41) is 0. The van der Waals surface area contributed by atoms with E-state index in [0.717, 1.165) is 37.7 Å². The van der Waals surface area contributed by atoms with Gasteiger partial charge in [0.15, 0.2) is 0 Å². The van der Waals surface area contributed by atoms with Crippen LogP contribution in [-0.2, 0) is 16.4 Å². The number of carbonyl (C=O) groups is 1. The molecule has 4 heteroatoms. The van der Waals surface area contributed by atoms with Gasteiger partial charge in [0.2, 0.25) is 0 Å². The molecule has 21 heavy (non-hydrogen) atoms. The second-order valence-corrected chi connectivity index (χ2v) is 6.74. The summed E-state index contributed by atoms with van der Waals surface area (Å²) < 4.78 is 38.1. The molecule has 1 fully saturated rings. The topological polar surface area (TPSA) is 17.1 Å². The van der Waals surface area contributed by atoms with Crippen molar-refractivity contribution in [1.82, 2.24) is 0 Å². The molecular formula is C17H21F3O. The van der Waals surface area contributed by atoms with E-state index >= 15 is 0 Å². The average Bonchev–Trinajstić information content (AvgIpc) is 2.38. The fraction of sp³-hybridized carbons (Fsp3) is 0.588. The Morgan fingerprint density at radius 1 is 1.19 bits per heavy atom. The van der Waals surface area contributed by atoms with Gasteiger partial charge in [-0.2, -0.15) is 13.2 Å². The molecule has 0 spiro atoms. The number of benzene rings is 1. The highest BCUT2D eigenvalue weighted by Crippen LogP contribution is 2.53. The highest BCUT2D eigenvalue weighted by Gasteiger charge is 2.52. The quantitative estimate of drug-likeness (QED) is 0.703. The number of aldehydes is 1. The van der Waals surface area contributed by atoms with E-state index in [4.69, 9.17) is 0 Å². The van der Waals surface area contributed by atoms with Crippen molar-refractivity contribution < 1.29 is 18.0 Å². The molecule has 1 unspecified atom stereocenters. The lowest BCUT2D eigenvalue weighted by Gasteiger charge is -2.51. The van der Waals surface area contributed by atoms with Crippen molar-refractivity contribution >= 4 is 6.29 Å². The molecule has 0 amide bonds. The van der Waals surface area contributed by atoms with Gasteiger partial charge >= 0.3 is 6.18 Å². The molecule has 2 atom stereocenters. The molecule has 0 radical (unpaired) electrons. The van der Waals surface area contributed by atoms with Gasteiger partial charge in [0.05, 0.1) is 11.0 Å². The van der Waals surface area contributed by atoms with Gasteiger partial charge in [-0.05, 0) is 41.9 Å². The highest BCUT2D eigenvalue weighted by molar-refractivity contribution is 5.71. The van der Waals surface area contributed by atoms with Crippen LogP contribution in [0.4, 0.5) is 13.2 Å². The van der Waals surface area contributed by atoms with Crippen LogP contribution in [0.15, 0.2) is 24.3 Å². The number of carbonyl (C=O) groups excluding carboxylic acids is 1. The SMILES string of the molecule is CC1CCCC(C)(C)[C@]1(C=O)c1ccc(C(F)(F)F)cc1. The number of halogens is 3. The van der Waals surface area contributed by atoms with Crippen molar-refractivity contribution in [2.24, 2.45) is 11.3 Å². The number of alkyl halides is 3. The maximum absolute atomic E-state index is 12.7. The second-order valence-electron chi connectivity index (χ2n) is 6.74. The first kappa shape index (κ1) is 16.1. The Bertz CT molecular complexity index is 516. The Balaban J connectivity index is 2.52. The van der Waals surface area contributed by atoms with Crippen LogP contribution in [0.3, 0.4) is 0 Å². The third kappa shape index (κ3) is 2.49. The summed E-state index contributed by atoms with van der Waals surface area (Å²) in [7, 11) is 0. The first-order chi connectivity index (χ1) is 9.65. The van der Waals surface area contributed by atoms with E-state index in [1.807, 2.05) is 20.8 Å². The van der Waals surface area contributed by atoms with E-state index in [1.54, 1.807) is 0 Å². The van der Waals surface area contributed by atoms with Crippen molar-refractivity contribution in [2.45, 2.75) is 51.6 Å². The minimum Gasteiger partial charge on any atom is -0.302 e. The summed E-state index contributed by atoms with van der Waals surface area (Å²) in [4.78, 5) is 12.0. The molecule has 1 nitrogen and oxygen atoms in total. The first-order valence-corrected chi connectivity index (χ1v) is 7.29. The minimum absolute atomic E-state index is 0.121. The summed E-state index contributed by atoms with van der Waals surface area (Å²) >= 11 is 0. The van der Waals surface area contributed by atoms with Gasteiger partial charge in [0.1, 0.15) is 6.29 Å². The van der Waals surface area contributed by atoms with Crippen molar-refractivity contribution in [2.75, 3.05) is 0 Å². The van der Waals surface area contributed by atoms with Crippen LogP contribution < -0.4 is 0 Å². The molecule has 1 aromatic rings. The molecule has 1 saturated carbocycles. The van der Waals surface area contributed by atoms with Crippen LogP contribution in [0.2, 0.25) is 0 Å². The molecule has 0 aliphatic heterocycles. The standard InChI is InChI=1S/C17H21F3O/c1-12-5-4-10-15(2,3)16(12,11-21)13-6-8-14(9-7-13)17(18,19)20/h6-9,11-12H,4-5,10H2,1-3H3/t12?,16-/m0/s1. The molecule has 0 heterocycles. The predicted octanol–water partition coefficient (Wildman–Crippen LogP) is 4.99. The van der Waals surface area contributed by atoms with Crippen LogP contribution in [-0.4, -0.2) is 6.29 Å². The van der Waals surface area contributed by atoms with E-state index in [9.17, 15) is 18.0 Å². The third-order valence-electron chi connectivity index (χ3n) is 5.21. The summed E-state index contributed by atoms with van der Waals surface area (Å²) in [6.07, 6.45) is -0.523. The smallest absolute Gasteiger partial charge is 0.302 e. The fourth-order valence-corrected chi connectivity index (χ4v) is 3.91. The summed E-state index contributed by atoms with van der Waals surface area (Å²) in [6.45, 7) is 6.09. The number of hydrogen-bond donors (Lipinski definition) is 0. The van der Waals surface area contributed by atoms with Crippen LogP contribution in [0.25, 0.3) is 0 Å². The normalized spacial score (nSPS) is 29.1. The third-order valence-corrected chi connectivity index (χ3v) is 5.21. The maximum atomic E-state index is 12.7. The monoisotopic (exact) mass is 298 g/mol. The van der Waals surface area contributed by atoms with Crippen molar-refractivity contribution in [3.05, 3.63) is 35.4 Å². The largest absolute Gasteiger partial charge is 0.416 e. The highest BCUT2D eigenvalue weighted by atomic mass is 19.4. The molecule has 116 valence electrons. The molecule has 1 aliphatic carbocycles. The molecule has 0 aromatic heterocycles. The fourth-order valence-electron chi connectivity index (χ4n) is 3.91. The number of rotatable bonds is 2. The molecule has 0 bridgehead atoms. The molecule has 1 aliphatic rings. The van der Waals surface area contributed by atoms with Crippen molar-refractivity contribution in [1.29, 1.82) is 0 Å². The Hall–Kier alpha value is -1.32. The van der Waals surface area contributed by atoms with Crippen LogP contribution in [0.5, 0.6) is 0 Å². The van der Waals surface area contributed by atoms with Crippen LogP contribution in [0, 0.1) is 11.3 Å². The zero-order valence-electron chi connectivity index (χ0n) is 12.6. The van der Waals surface area contributed by atoms with Crippen LogP contribution >= 0.6 is 0 Å². The van der Waals surface area contributed by atoms with E-state index in [-0.39, 0.29) is 11.3 Å². The maximum Gasteiger partial charge on any atom is 0.416 e. The van der Waals surface area contributed by atoms with Crippen molar-refractivity contribution in [3.8, 4) is 0 Å². The summed E-state index contributed by atoms with van der Waals surface area (Å²) in [5.74, 6) is 0.121. The average molecular weight is 298 g/mol.